The molecule has 1 aromatic carbocycles. The molecule has 0 aliphatic carbocycles. The van der Waals surface area contributed by atoms with E-state index in [0.29, 0.717) is 5.69 Å². The first-order chi connectivity index (χ1) is 10.1. The van der Waals surface area contributed by atoms with Gasteiger partial charge < -0.3 is 16.6 Å². The van der Waals surface area contributed by atoms with Crippen LogP contribution in [0.15, 0.2) is 24.3 Å². The predicted molar refractivity (Wildman–Crippen MR) is 89.5 cm³/mol. The minimum Gasteiger partial charge on any atom is -0.478 e. The summed E-state index contributed by atoms with van der Waals surface area (Å²) in [6, 6.07) is 6.17. The predicted octanol–water partition coefficient (Wildman–Crippen LogP) is 4.05. The van der Waals surface area contributed by atoms with E-state index in [-0.39, 0.29) is 5.56 Å². The van der Waals surface area contributed by atoms with Gasteiger partial charge in [0.2, 0.25) is 0 Å². The molecule has 4 heteroatoms. The standard InChI is InChI=1S/C10H23N.C7H7NO2/c1-2-3-4-5-6-7-8-9-10-11;8-6-3-1-2-5(4-6)7(9)10/h2-11H2,1H3;1-4H,8H2,(H,9,10). The van der Waals surface area contributed by atoms with Gasteiger partial charge in [0.15, 0.2) is 0 Å². The fourth-order valence-electron chi connectivity index (χ4n) is 1.95. The molecule has 21 heavy (non-hydrogen) atoms. The van der Waals surface area contributed by atoms with Crippen LogP contribution >= 0.6 is 0 Å². The molecule has 1 rings (SSSR count). The highest BCUT2D eigenvalue weighted by molar-refractivity contribution is 5.88. The summed E-state index contributed by atoms with van der Waals surface area (Å²) in [5.74, 6) is -0.952. The van der Waals surface area contributed by atoms with Gasteiger partial charge in [0, 0.05) is 5.69 Å². The van der Waals surface area contributed by atoms with Gasteiger partial charge in [-0.15, -0.1) is 0 Å². The van der Waals surface area contributed by atoms with Gasteiger partial charge in [-0.3, -0.25) is 0 Å². The molecule has 0 bridgehead atoms. The van der Waals surface area contributed by atoms with Crippen molar-refractivity contribution in [2.45, 2.75) is 58.3 Å². The summed E-state index contributed by atoms with van der Waals surface area (Å²) in [4.78, 5) is 10.3. The van der Waals surface area contributed by atoms with E-state index in [1.54, 1.807) is 12.1 Å². The number of hydrogen-bond donors (Lipinski definition) is 3. The van der Waals surface area contributed by atoms with Gasteiger partial charge in [-0.05, 0) is 31.2 Å². The smallest absolute Gasteiger partial charge is 0.335 e. The van der Waals surface area contributed by atoms with Crippen molar-refractivity contribution in [1.82, 2.24) is 0 Å². The van der Waals surface area contributed by atoms with Gasteiger partial charge in [0.25, 0.3) is 0 Å². The summed E-state index contributed by atoms with van der Waals surface area (Å²) < 4.78 is 0. The molecule has 0 unspecified atom stereocenters. The molecule has 0 saturated carbocycles. The minimum absolute atomic E-state index is 0.222. The molecule has 0 aromatic heterocycles. The molecule has 0 spiro atoms. The topological polar surface area (TPSA) is 89.3 Å². The number of hydrogen-bond acceptors (Lipinski definition) is 3. The van der Waals surface area contributed by atoms with Crippen molar-refractivity contribution < 1.29 is 9.90 Å². The lowest BCUT2D eigenvalue weighted by atomic mass is 10.1. The van der Waals surface area contributed by atoms with Crippen molar-refractivity contribution in [2.24, 2.45) is 5.73 Å². The van der Waals surface area contributed by atoms with Crippen LogP contribution in [0.3, 0.4) is 0 Å². The SMILES string of the molecule is CCCCCCCCCCN.Nc1cccc(C(=O)O)c1. The zero-order valence-corrected chi connectivity index (χ0v) is 13.2. The Labute approximate surface area is 128 Å². The maximum atomic E-state index is 10.3. The maximum Gasteiger partial charge on any atom is 0.335 e. The molecule has 0 heterocycles. The van der Waals surface area contributed by atoms with Crippen molar-refractivity contribution in [1.29, 1.82) is 0 Å². The number of anilines is 1. The van der Waals surface area contributed by atoms with E-state index in [1.165, 1.54) is 63.5 Å². The number of carboxylic acid groups (broad SMARTS) is 1. The second-order valence-electron chi connectivity index (χ2n) is 5.19. The number of nitrogens with two attached hydrogens (primary N) is 2. The van der Waals surface area contributed by atoms with Crippen LogP contribution in [0.4, 0.5) is 5.69 Å². The van der Waals surface area contributed by atoms with Crippen molar-refractivity contribution in [2.75, 3.05) is 12.3 Å². The molecular formula is C17H30N2O2. The van der Waals surface area contributed by atoms with Crippen LogP contribution in [0.1, 0.15) is 68.6 Å². The van der Waals surface area contributed by atoms with Gasteiger partial charge in [-0.1, -0.05) is 57.9 Å². The molecule has 120 valence electrons. The summed E-state index contributed by atoms with van der Waals surface area (Å²) in [5.41, 5.74) is 11.4. The normalized spacial score (nSPS) is 9.81. The Morgan fingerprint density at radius 2 is 1.62 bits per heavy atom. The first-order valence-corrected chi connectivity index (χ1v) is 7.90. The second-order valence-corrected chi connectivity index (χ2v) is 5.19. The van der Waals surface area contributed by atoms with E-state index in [0.717, 1.165) is 6.54 Å². The van der Waals surface area contributed by atoms with Crippen LogP contribution in [0.2, 0.25) is 0 Å². The quantitative estimate of drug-likeness (QED) is 0.473. The van der Waals surface area contributed by atoms with Crippen LogP contribution in [0.5, 0.6) is 0 Å². The Kier molecular flexibility index (Phi) is 12.4. The third-order valence-corrected chi connectivity index (χ3v) is 3.19. The summed E-state index contributed by atoms with van der Waals surface area (Å²) >= 11 is 0. The highest BCUT2D eigenvalue weighted by Crippen LogP contribution is 2.07. The summed E-state index contributed by atoms with van der Waals surface area (Å²) in [7, 11) is 0. The van der Waals surface area contributed by atoms with Crippen LogP contribution in [0, 0.1) is 0 Å². The van der Waals surface area contributed by atoms with E-state index < -0.39 is 5.97 Å². The molecule has 0 saturated heterocycles. The van der Waals surface area contributed by atoms with Crippen LogP contribution < -0.4 is 11.5 Å². The Morgan fingerprint density at radius 1 is 1.05 bits per heavy atom. The number of carbonyl (C=O) groups is 1. The Balaban J connectivity index is 0.000000382. The number of carboxylic acids is 1. The summed E-state index contributed by atoms with van der Waals surface area (Å²) in [5, 5.41) is 8.45. The number of unbranched alkanes of at least 4 members (excludes halogenated alkanes) is 7. The van der Waals surface area contributed by atoms with Crippen molar-refractivity contribution in [3.63, 3.8) is 0 Å². The average molecular weight is 294 g/mol. The third kappa shape index (κ3) is 11.9. The minimum atomic E-state index is -0.952. The Morgan fingerprint density at radius 3 is 2.05 bits per heavy atom. The van der Waals surface area contributed by atoms with E-state index in [1.807, 2.05) is 0 Å². The van der Waals surface area contributed by atoms with E-state index in [4.69, 9.17) is 16.6 Å². The van der Waals surface area contributed by atoms with E-state index in [9.17, 15) is 4.79 Å². The first kappa shape index (κ1) is 19.4. The van der Waals surface area contributed by atoms with E-state index in [2.05, 4.69) is 6.92 Å². The Hall–Kier alpha value is -1.55. The highest BCUT2D eigenvalue weighted by atomic mass is 16.4. The van der Waals surface area contributed by atoms with E-state index >= 15 is 0 Å². The van der Waals surface area contributed by atoms with Gasteiger partial charge in [-0.25, -0.2) is 4.79 Å². The molecule has 0 aliphatic heterocycles. The van der Waals surface area contributed by atoms with Gasteiger partial charge in [0.05, 0.1) is 5.56 Å². The lowest BCUT2D eigenvalue weighted by Crippen LogP contribution is -1.97. The molecular weight excluding hydrogens is 264 g/mol. The fourth-order valence-corrected chi connectivity index (χ4v) is 1.95. The molecule has 0 amide bonds. The number of benzene rings is 1. The number of rotatable bonds is 9. The molecule has 5 N–H and O–H groups in total. The second kappa shape index (κ2) is 13.4. The van der Waals surface area contributed by atoms with Crippen molar-refractivity contribution in [3.05, 3.63) is 29.8 Å². The number of aromatic carboxylic acids is 1. The molecule has 0 radical (unpaired) electrons. The molecule has 0 aliphatic rings. The van der Waals surface area contributed by atoms with Gasteiger partial charge >= 0.3 is 5.97 Å². The lowest BCUT2D eigenvalue weighted by Gasteiger charge is -1.99. The van der Waals surface area contributed by atoms with Crippen molar-refractivity contribution in [3.8, 4) is 0 Å². The van der Waals surface area contributed by atoms with Crippen molar-refractivity contribution >= 4 is 11.7 Å². The molecule has 1 aromatic rings. The van der Waals surface area contributed by atoms with Crippen LogP contribution in [0.25, 0.3) is 0 Å². The number of nitrogen functional groups attached to an aromatic ring is 1. The average Bonchev–Trinajstić information content (AvgIpc) is 2.47. The zero-order chi connectivity index (χ0) is 15.9. The largest absolute Gasteiger partial charge is 0.478 e. The summed E-state index contributed by atoms with van der Waals surface area (Å²) in [6.07, 6.45) is 11.0. The summed E-state index contributed by atoms with van der Waals surface area (Å²) in [6.45, 7) is 3.13. The highest BCUT2D eigenvalue weighted by Gasteiger charge is 1.99. The lowest BCUT2D eigenvalue weighted by molar-refractivity contribution is 0.0697. The fraction of sp³-hybridized carbons (Fsp3) is 0.588. The Bertz CT molecular complexity index is 373. The first-order valence-electron chi connectivity index (χ1n) is 7.90. The van der Waals surface area contributed by atoms with Crippen LogP contribution in [-0.2, 0) is 0 Å². The monoisotopic (exact) mass is 294 g/mol. The zero-order valence-electron chi connectivity index (χ0n) is 13.2. The molecule has 4 nitrogen and oxygen atoms in total. The van der Waals surface area contributed by atoms with Crippen LogP contribution in [-0.4, -0.2) is 17.6 Å². The maximum absolute atomic E-state index is 10.3. The van der Waals surface area contributed by atoms with Gasteiger partial charge in [0.1, 0.15) is 0 Å². The molecule has 0 fully saturated rings. The molecule has 0 atom stereocenters. The van der Waals surface area contributed by atoms with Gasteiger partial charge in [-0.2, -0.15) is 0 Å². The third-order valence-electron chi connectivity index (χ3n) is 3.19.